The van der Waals surface area contributed by atoms with Crippen molar-refractivity contribution in [2.75, 3.05) is 0 Å². The standard InChI is InChI=1S/C16H17F3N2/c1-12(2)7-8-15(10-20,11-21)9-13-3-5-14(6-4-13)16(17,18)19/h3-6,12H,7-9H2,1-2H3. The average Bonchev–Trinajstić information content (AvgIpc) is 2.43. The zero-order valence-electron chi connectivity index (χ0n) is 12.0. The summed E-state index contributed by atoms with van der Waals surface area (Å²) in [7, 11) is 0. The van der Waals surface area contributed by atoms with Gasteiger partial charge in [0.1, 0.15) is 5.41 Å². The van der Waals surface area contributed by atoms with Crippen molar-refractivity contribution in [1.29, 1.82) is 10.5 Å². The monoisotopic (exact) mass is 294 g/mol. The minimum atomic E-state index is -4.38. The van der Waals surface area contributed by atoms with E-state index in [1.807, 2.05) is 26.0 Å². The fourth-order valence-corrected chi connectivity index (χ4v) is 2.00. The molecule has 5 heteroatoms. The summed E-state index contributed by atoms with van der Waals surface area (Å²) in [5.74, 6) is 0.360. The van der Waals surface area contributed by atoms with Crippen molar-refractivity contribution < 1.29 is 13.2 Å². The summed E-state index contributed by atoms with van der Waals surface area (Å²) in [5.41, 5.74) is -1.34. The molecule has 0 spiro atoms. The lowest BCUT2D eigenvalue weighted by atomic mass is 9.79. The van der Waals surface area contributed by atoms with Crippen LogP contribution in [0.3, 0.4) is 0 Å². The molecule has 0 saturated heterocycles. The Balaban J connectivity index is 2.91. The van der Waals surface area contributed by atoms with Crippen LogP contribution in [0, 0.1) is 34.0 Å². The van der Waals surface area contributed by atoms with E-state index in [1.54, 1.807) is 0 Å². The minimum Gasteiger partial charge on any atom is -0.197 e. The van der Waals surface area contributed by atoms with Gasteiger partial charge in [0, 0.05) is 6.42 Å². The Morgan fingerprint density at radius 2 is 1.57 bits per heavy atom. The zero-order valence-corrected chi connectivity index (χ0v) is 12.0. The Bertz CT molecular complexity index is 531. The van der Waals surface area contributed by atoms with Crippen molar-refractivity contribution >= 4 is 0 Å². The van der Waals surface area contributed by atoms with Crippen LogP contribution < -0.4 is 0 Å². The van der Waals surface area contributed by atoms with Gasteiger partial charge in [-0.3, -0.25) is 0 Å². The molecule has 0 atom stereocenters. The maximum Gasteiger partial charge on any atom is 0.416 e. The van der Waals surface area contributed by atoms with Crippen LogP contribution in [0.5, 0.6) is 0 Å². The number of nitriles is 2. The highest BCUT2D eigenvalue weighted by molar-refractivity contribution is 5.28. The first-order chi connectivity index (χ1) is 9.72. The van der Waals surface area contributed by atoms with Gasteiger partial charge in [-0.25, -0.2) is 0 Å². The van der Waals surface area contributed by atoms with Crippen LogP contribution in [0.15, 0.2) is 24.3 Å². The molecule has 0 N–H and O–H groups in total. The number of benzene rings is 1. The highest BCUT2D eigenvalue weighted by atomic mass is 19.4. The first-order valence-electron chi connectivity index (χ1n) is 6.71. The molecule has 0 aromatic heterocycles. The Morgan fingerprint density at radius 3 is 1.95 bits per heavy atom. The highest BCUT2D eigenvalue weighted by Crippen LogP contribution is 2.32. The summed E-state index contributed by atoms with van der Waals surface area (Å²) < 4.78 is 37.5. The molecule has 0 fully saturated rings. The number of alkyl halides is 3. The van der Waals surface area contributed by atoms with Crippen LogP contribution in [0.4, 0.5) is 13.2 Å². The Morgan fingerprint density at radius 1 is 1.05 bits per heavy atom. The fraction of sp³-hybridized carbons (Fsp3) is 0.500. The third-order valence-electron chi connectivity index (χ3n) is 3.36. The summed E-state index contributed by atoms with van der Waals surface area (Å²) in [6.07, 6.45) is -3.09. The van der Waals surface area contributed by atoms with Gasteiger partial charge >= 0.3 is 6.18 Å². The van der Waals surface area contributed by atoms with Gasteiger partial charge in [0.2, 0.25) is 0 Å². The maximum absolute atomic E-state index is 12.5. The second kappa shape index (κ2) is 6.63. The van der Waals surface area contributed by atoms with E-state index in [4.69, 9.17) is 0 Å². The van der Waals surface area contributed by atoms with E-state index in [0.29, 0.717) is 17.9 Å². The minimum absolute atomic E-state index is 0.144. The summed E-state index contributed by atoms with van der Waals surface area (Å²) in [6, 6.07) is 8.70. The molecular weight excluding hydrogens is 277 g/mol. The van der Waals surface area contributed by atoms with E-state index < -0.39 is 17.2 Å². The second-order valence-electron chi connectivity index (χ2n) is 5.61. The molecule has 0 aliphatic rings. The van der Waals surface area contributed by atoms with Gasteiger partial charge in [0.15, 0.2) is 0 Å². The zero-order chi connectivity index (χ0) is 16.1. The van der Waals surface area contributed by atoms with Gasteiger partial charge in [0.05, 0.1) is 17.7 Å². The molecule has 0 heterocycles. The molecule has 0 amide bonds. The van der Waals surface area contributed by atoms with Gasteiger partial charge in [-0.05, 0) is 36.5 Å². The molecule has 1 aromatic carbocycles. The van der Waals surface area contributed by atoms with Crippen LogP contribution in [-0.2, 0) is 12.6 Å². The van der Waals surface area contributed by atoms with Crippen LogP contribution >= 0.6 is 0 Å². The number of hydrogen-bond acceptors (Lipinski definition) is 2. The maximum atomic E-state index is 12.5. The molecule has 0 unspecified atom stereocenters. The fourth-order valence-electron chi connectivity index (χ4n) is 2.00. The Kier molecular flexibility index (Phi) is 5.38. The van der Waals surface area contributed by atoms with E-state index in [0.717, 1.165) is 18.6 Å². The Labute approximate surface area is 122 Å². The number of hydrogen-bond donors (Lipinski definition) is 0. The molecule has 0 aliphatic carbocycles. The van der Waals surface area contributed by atoms with Crippen molar-refractivity contribution in [2.24, 2.45) is 11.3 Å². The molecule has 112 valence electrons. The number of rotatable bonds is 5. The molecule has 1 rings (SSSR count). The third kappa shape index (κ3) is 4.79. The number of nitrogens with zero attached hydrogens (tertiary/aromatic N) is 2. The predicted octanol–water partition coefficient (Wildman–Crippen LogP) is 4.72. The first kappa shape index (κ1) is 17.0. The summed E-state index contributed by atoms with van der Waals surface area (Å²) in [5, 5.41) is 18.6. The van der Waals surface area contributed by atoms with Crippen LogP contribution in [0.2, 0.25) is 0 Å². The Hall–Kier alpha value is -2.01. The largest absolute Gasteiger partial charge is 0.416 e. The average molecular weight is 294 g/mol. The lowest BCUT2D eigenvalue weighted by Crippen LogP contribution is -2.20. The molecular formula is C16H17F3N2. The second-order valence-corrected chi connectivity index (χ2v) is 5.61. The lowest BCUT2D eigenvalue weighted by Gasteiger charge is -2.20. The summed E-state index contributed by atoms with van der Waals surface area (Å²) in [4.78, 5) is 0. The normalized spacial score (nSPS) is 12.0. The van der Waals surface area contributed by atoms with Crippen molar-refractivity contribution in [3.8, 4) is 12.1 Å². The van der Waals surface area contributed by atoms with E-state index >= 15 is 0 Å². The van der Waals surface area contributed by atoms with E-state index in [1.165, 1.54) is 12.1 Å². The summed E-state index contributed by atoms with van der Waals surface area (Å²) >= 11 is 0. The van der Waals surface area contributed by atoms with Crippen molar-refractivity contribution in [2.45, 2.75) is 39.3 Å². The summed E-state index contributed by atoms with van der Waals surface area (Å²) in [6.45, 7) is 4.00. The van der Waals surface area contributed by atoms with Crippen molar-refractivity contribution in [3.05, 3.63) is 35.4 Å². The first-order valence-corrected chi connectivity index (χ1v) is 6.71. The topological polar surface area (TPSA) is 47.6 Å². The third-order valence-corrected chi connectivity index (χ3v) is 3.36. The molecule has 0 saturated carbocycles. The highest BCUT2D eigenvalue weighted by Gasteiger charge is 2.32. The van der Waals surface area contributed by atoms with Gasteiger partial charge in [-0.1, -0.05) is 26.0 Å². The van der Waals surface area contributed by atoms with Gasteiger partial charge in [-0.2, -0.15) is 23.7 Å². The van der Waals surface area contributed by atoms with Crippen LogP contribution in [0.1, 0.15) is 37.8 Å². The lowest BCUT2D eigenvalue weighted by molar-refractivity contribution is -0.137. The molecule has 0 radical (unpaired) electrons. The molecule has 0 bridgehead atoms. The van der Waals surface area contributed by atoms with Gasteiger partial charge < -0.3 is 0 Å². The van der Waals surface area contributed by atoms with Crippen molar-refractivity contribution in [3.63, 3.8) is 0 Å². The van der Waals surface area contributed by atoms with E-state index in [9.17, 15) is 23.7 Å². The van der Waals surface area contributed by atoms with Crippen LogP contribution in [0.25, 0.3) is 0 Å². The quantitative estimate of drug-likeness (QED) is 0.789. The van der Waals surface area contributed by atoms with Crippen molar-refractivity contribution in [1.82, 2.24) is 0 Å². The van der Waals surface area contributed by atoms with Gasteiger partial charge in [-0.15, -0.1) is 0 Å². The molecule has 0 aliphatic heterocycles. The predicted molar refractivity (Wildman–Crippen MR) is 72.9 cm³/mol. The van der Waals surface area contributed by atoms with E-state index in [2.05, 4.69) is 0 Å². The molecule has 21 heavy (non-hydrogen) atoms. The van der Waals surface area contributed by atoms with Gasteiger partial charge in [0.25, 0.3) is 0 Å². The van der Waals surface area contributed by atoms with E-state index in [-0.39, 0.29) is 6.42 Å². The smallest absolute Gasteiger partial charge is 0.197 e. The number of halogens is 3. The molecule has 1 aromatic rings. The SMILES string of the molecule is CC(C)CCC(C#N)(C#N)Cc1ccc(C(F)(F)F)cc1. The molecule has 2 nitrogen and oxygen atoms in total. The van der Waals surface area contributed by atoms with Crippen LogP contribution in [-0.4, -0.2) is 0 Å².